The van der Waals surface area contributed by atoms with Crippen LogP contribution in [0.2, 0.25) is 0 Å². The lowest BCUT2D eigenvalue weighted by molar-refractivity contribution is -0.138. The highest BCUT2D eigenvalue weighted by Gasteiger charge is 2.20. The zero-order valence-electron chi connectivity index (χ0n) is 11.1. The second-order valence-corrected chi connectivity index (χ2v) is 5.15. The van der Waals surface area contributed by atoms with Crippen LogP contribution in [0.3, 0.4) is 0 Å². The summed E-state index contributed by atoms with van der Waals surface area (Å²) in [5, 5.41) is -0.0558. The fourth-order valence-corrected chi connectivity index (χ4v) is 2.26. The van der Waals surface area contributed by atoms with Crippen LogP contribution in [0, 0.1) is 0 Å². The predicted molar refractivity (Wildman–Crippen MR) is 71.9 cm³/mol. The first kappa shape index (κ1) is 14.6. The number of ether oxygens (including phenoxy) is 1. The highest BCUT2D eigenvalue weighted by atomic mass is 32.2. The topological polar surface area (TPSA) is 49.9 Å². The van der Waals surface area contributed by atoms with E-state index in [-0.39, 0.29) is 11.2 Å². The molecule has 1 heterocycles. The van der Waals surface area contributed by atoms with Crippen molar-refractivity contribution in [3.05, 3.63) is 22.9 Å². The summed E-state index contributed by atoms with van der Waals surface area (Å²) in [5.41, 5.74) is 0.566. The molecule has 0 fully saturated rings. The molecule has 0 aromatic heterocycles. The number of thioether (sulfide) groups is 1. The van der Waals surface area contributed by atoms with E-state index in [4.69, 9.17) is 4.74 Å². The molecule has 1 aliphatic rings. The Hall–Kier alpha value is -1.43. The molecule has 18 heavy (non-hydrogen) atoms. The molecule has 6 heteroatoms. The van der Waals surface area contributed by atoms with Gasteiger partial charge in [0.1, 0.15) is 0 Å². The average molecular weight is 270 g/mol. The Bertz CT molecular complexity index is 402. The van der Waals surface area contributed by atoms with Gasteiger partial charge in [0.25, 0.3) is 5.24 Å². The average Bonchev–Trinajstić information content (AvgIpc) is 2.28. The molecule has 0 saturated carbocycles. The lowest BCUT2D eigenvalue weighted by Crippen LogP contribution is -2.20. The molecule has 0 bridgehead atoms. The minimum absolute atomic E-state index is 0.0558. The van der Waals surface area contributed by atoms with Gasteiger partial charge >= 0.3 is 5.97 Å². The highest BCUT2D eigenvalue weighted by molar-refractivity contribution is 8.16. The van der Waals surface area contributed by atoms with Crippen molar-refractivity contribution in [1.29, 1.82) is 0 Å². The minimum Gasteiger partial charge on any atom is -0.463 e. The van der Waals surface area contributed by atoms with Crippen molar-refractivity contribution >= 4 is 23.0 Å². The zero-order valence-corrected chi connectivity index (χ0v) is 11.9. The van der Waals surface area contributed by atoms with E-state index in [1.807, 2.05) is 13.2 Å². The first-order valence-electron chi connectivity index (χ1n) is 5.63. The van der Waals surface area contributed by atoms with Crippen molar-refractivity contribution in [2.24, 2.45) is 0 Å². The summed E-state index contributed by atoms with van der Waals surface area (Å²) in [7, 11) is 5.22. The highest BCUT2D eigenvalue weighted by Crippen LogP contribution is 2.29. The van der Waals surface area contributed by atoms with Crippen LogP contribution in [0.5, 0.6) is 0 Å². The molecule has 0 unspecified atom stereocenters. The minimum atomic E-state index is -0.326. The predicted octanol–water partition coefficient (Wildman–Crippen LogP) is 2.03. The van der Waals surface area contributed by atoms with E-state index in [1.54, 1.807) is 32.1 Å². The quantitative estimate of drug-likeness (QED) is 0.734. The first-order chi connectivity index (χ1) is 8.43. The van der Waals surface area contributed by atoms with Crippen LogP contribution in [0.15, 0.2) is 22.9 Å². The molecule has 0 N–H and O–H groups in total. The Morgan fingerprint density at radius 3 is 2.67 bits per heavy atom. The Kier molecular flexibility index (Phi) is 5.27. The zero-order chi connectivity index (χ0) is 13.7. The second kappa shape index (κ2) is 6.49. The molecular formula is C12H18N2O3S. The smallest absolute Gasteiger partial charge is 0.335 e. The number of nitrogens with zero attached hydrogens (tertiary/aromatic N) is 2. The molecule has 0 aromatic carbocycles. The molecule has 0 spiro atoms. The summed E-state index contributed by atoms with van der Waals surface area (Å²) in [5.74, 6) is -0.326. The van der Waals surface area contributed by atoms with Crippen molar-refractivity contribution in [2.75, 3.05) is 27.7 Å². The maximum absolute atomic E-state index is 11.7. The summed E-state index contributed by atoms with van der Waals surface area (Å²) in [6, 6.07) is 0. The molecule has 100 valence electrons. The Balaban J connectivity index is 2.69. The van der Waals surface area contributed by atoms with Crippen LogP contribution in [-0.4, -0.2) is 48.8 Å². The Morgan fingerprint density at radius 2 is 2.11 bits per heavy atom. The van der Waals surface area contributed by atoms with E-state index in [9.17, 15) is 9.59 Å². The van der Waals surface area contributed by atoms with Crippen molar-refractivity contribution in [3.63, 3.8) is 0 Å². The molecular weight excluding hydrogens is 252 g/mol. The molecule has 5 nitrogen and oxygen atoms in total. The number of esters is 1. The number of allylic oxidation sites excluding steroid dienone is 1. The third-order valence-electron chi connectivity index (χ3n) is 2.19. The fourth-order valence-electron chi connectivity index (χ4n) is 1.40. The van der Waals surface area contributed by atoms with Crippen LogP contribution < -0.4 is 0 Å². The number of rotatable bonds is 3. The van der Waals surface area contributed by atoms with Gasteiger partial charge in [0.05, 0.1) is 12.2 Å². The van der Waals surface area contributed by atoms with E-state index in [0.29, 0.717) is 18.6 Å². The summed E-state index contributed by atoms with van der Waals surface area (Å²) in [6.07, 6.45) is 4.00. The number of hydrogen-bond acceptors (Lipinski definition) is 5. The normalized spacial score (nSPS) is 14.8. The van der Waals surface area contributed by atoms with Gasteiger partial charge in [-0.25, -0.2) is 4.79 Å². The van der Waals surface area contributed by atoms with E-state index < -0.39 is 0 Å². The fraction of sp³-hybridized carbons (Fsp3) is 0.500. The lowest BCUT2D eigenvalue weighted by atomic mass is 10.1. The Morgan fingerprint density at radius 1 is 1.44 bits per heavy atom. The van der Waals surface area contributed by atoms with Gasteiger partial charge in [0.15, 0.2) is 0 Å². The second-order valence-electron chi connectivity index (χ2n) is 4.07. The van der Waals surface area contributed by atoms with Crippen LogP contribution in [0.25, 0.3) is 0 Å². The number of amides is 1. The first-order valence-corrected chi connectivity index (χ1v) is 6.45. The van der Waals surface area contributed by atoms with Gasteiger partial charge in [-0.2, -0.15) is 0 Å². The number of hydrogen-bond donors (Lipinski definition) is 0. The van der Waals surface area contributed by atoms with Gasteiger partial charge in [0.2, 0.25) is 0 Å². The molecule has 1 amide bonds. The maximum Gasteiger partial charge on any atom is 0.335 e. The van der Waals surface area contributed by atoms with Crippen molar-refractivity contribution in [1.82, 2.24) is 9.80 Å². The third-order valence-corrected chi connectivity index (χ3v) is 3.24. The molecule has 0 aliphatic carbocycles. The number of carbonyl (C=O) groups excluding carboxylic acids is 2. The maximum atomic E-state index is 11.7. The van der Waals surface area contributed by atoms with Gasteiger partial charge < -0.3 is 14.5 Å². The van der Waals surface area contributed by atoms with Gasteiger partial charge in [-0.1, -0.05) is 0 Å². The molecule has 0 radical (unpaired) electrons. The van der Waals surface area contributed by atoms with E-state index in [2.05, 4.69) is 0 Å². The SMILES string of the molecule is CCOC(=O)C1=CN(C)C=C(SC(=O)N(C)C)C1. The van der Waals surface area contributed by atoms with E-state index in [0.717, 1.165) is 16.7 Å². The van der Waals surface area contributed by atoms with Crippen molar-refractivity contribution in [2.45, 2.75) is 13.3 Å². The van der Waals surface area contributed by atoms with Gasteiger partial charge in [-0.3, -0.25) is 4.79 Å². The van der Waals surface area contributed by atoms with Gasteiger partial charge in [-0.05, 0) is 18.7 Å². The molecule has 1 rings (SSSR count). The van der Waals surface area contributed by atoms with Crippen LogP contribution in [0.4, 0.5) is 4.79 Å². The van der Waals surface area contributed by atoms with Crippen molar-refractivity contribution < 1.29 is 14.3 Å². The van der Waals surface area contributed by atoms with Gasteiger partial charge in [-0.15, -0.1) is 0 Å². The van der Waals surface area contributed by atoms with Crippen LogP contribution in [0.1, 0.15) is 13.3 Å². The Labute approximate surface area is 111 Å². The lowest BCUT2D eigenvalue weighted by Gasteiger charge is -2.21. The summed E-state index contributed by atoms with van der Waals surface area (Å²) < 4.78 is 4.96. The van der Waals surface area contributed by atoms with E-state index >= 15 is 0 Å². The summed E-state index contributed by atoms with van der Waals surface area (Å²) >= 11 is 1.13. The van der Waals surface area contributed by atoms with E-state index in [1.165, 1.54) is 4.90 Å². The van der Waals surface area contributed by atoms with Gasteiger partial charge in [0, 0.05) is 44.9 Å². The standard InChI is InChI=1S/C12H18N2O3S/c1-5-17-11(15)9-6-10(8-14(4)7-9)18-12(16)13(2)3/h7-8H,5-6H2,1-4H3. The van der Waals surface area contributed by atoms with Crippen LogP contribution in [-0.2, 0) is 9.53 Å². The largest absolute Gasteiger partial charge is 0.463 e. The molecule has 0 atom stereocenters. The summed E-state index contributed by atoms with van der Waals surface area (Å²) in [4.78, 5) is 27.4. The van der Waals surface area contributed by atoms with Crippen molar-refractivity contribution in [3.8, 4) is 0 Å². The molecule has 0 saturated heterocycles. The molecule has 0 aromatic rings. The summed E-state index contributed by atoms with van der Waals surface area (Å²) in [6.45, 7) is 2.12. The monoisotopic (exact) mass is 270 g/mol. The number of carbonyl (C=O) groups is 2. The van der Waals surface area contributed by atoms with Crippen LogP contribution >= 0.6 is 11.8 Å². The molecule has 1 aliphatic heterocycles. The third kappa shape index (κ3) is 4.10.